The second-order valence-electron chi connectivity index (χ2n) is 2.61. The predicted molar refractivity (Wildman–Crippen MR) is 50.4 cm³/mol. The molecule has 0 unspecified atom stereocenters. The van der Waals surface area contributed by atoms with E-state index in [0.29, 0.717) is 5.02 Å². The molecule has 0 heterocycles. The zero-order valence-electron chi connectivity index (χ0n) is 7.14. The highest BCUT2D eigenvalue weighted by Crippen LogP contribution is 2.24. The van der Waals surface area contributed by atoms with E-state index in [4.69, 9.17) is 11.6 Å². The summed E-state index contributed by atoms with van der Waals surface area (Å²) < 4.78 is 12.6. The molecule has 0 saturated carbocycles. The first-order valence-electron chi connectivity index (χ1n) is 3.81. The third-order valence-electron chi connectivity index (χ3n) is 1.80. The minimum Gasteiger partial charge on any atom is -0.374 e. The van der Waals surface area contributed by atoms with Crippen LogP contribution in [0, 0.1) is 5.82 Å². The maximum Gasteiger partial charge on any atom is 0.124 e. The topological polar surface area (TPSA) is 3.24 Å². The smallest absolute Gasteiger partial charge is 0.124 e. The highest BCUT2D eigenvalue weighted by atomic mass is 35.5. The van der Waals surface area contributed by atoms with E-state index in [0.717, 1.165) is 12.2 Å². The molecule has 0 bridgehead atoms. The van der Waals surface area contributed by atoms with Gasteiger partial charge in [-0.15, -0.1) is 0 Å². The minimum atomic E-state index is -0.298. The molecule has 0 saturated heterocycles. The van der Waals surface area contributed by atoms with Crippen molar-refractivity contribution in [1.29, 1.82) is 0 Å². The Morgan fingerprint density at radius 1 is 1.50 bits per heavy atom. The van der Waals surface area contributed by atoms with Gasteiger partial charge in [0, 0.05) is 13.6 Å². The molecule has 0 amide bonds. The van der Waals surface area contributed by atoms with Crippen molar-refractivity contribution >= 4 is 17.3 Å². The van der Waals surface area contributed by atoms with Crippen LogP contribution < -0.4 is 4.90 Å². The summed E-state index contributed by atoms with van der Waals surface area (Å²) in [4.78, 5) is 1.96. The lowest BCUT2D eigenvalue weighted by Crippen LogP contribution is -2.16. The minimum absolute atomic E-state index is 0.298. The number of nitrogens with zero attached hydrogens (tertiary/aromatic N) is 1. The van der Waals surface area contributed by atoms with Crippen LogP contribution in [0.25, 0.3) is 0 Å². The van der Waals surface area contributed by atoms with Crippen molar-refractivity contribution in [2.45, 2.75) is 6.92 Å². The molecule has 0 fully saturated rings. The van der Waals surface area contributed by atoms with Gasteiger partial charge in [0.2, 0.25) is 0 Å². The van der Waals surface area contributed by atoms with Crippen LogP contribution in [-0.4, -0.2) is 13.6 Å². The van der Waals surface area contributed by atoms with Crippen LogP contribution in [0.1, 0.15) is 6.92 Å². The van der Waals surface area contributed by atoms with Crippen LogP contribution in [0.15, 0.2) is 18.2 Å². The molecular formula is C9H11ClFN. The van der Waals surface area contributed by atoms with Gasteiger partial charge in [-0.25, -0.2) is 4.39 Å². The van der Waals surface area contributed by atoms with E-state index in [9.17, 15) is 4.39 Å². The second kappa shape index (κ2) is 3.76. The first kappa shape index (κ1) is 9.33. The van der Waals surface area contributed by atoms with E-state index < -0.39 is 0 Å². The van der Waals surface area contributed by atoms with Crippen molar-refractivity contribution in [3.63, 3.8) is 0 Å². The summed E-state index contributed by atoms with van der Waals surface area (Å²) in [5.74, 6) is -0.298. The second-order valence-corrected chi connectivity index (χ2v) is 3.02. The predicted octanol–water partition coefficient (Wildman–Crippen LogP) is 2.94. The summed E-state index contributed by atoms with van der Waals surface area (Å²) in [7, 11) is 1.92. The zero-order valence-corrected chi connectivity index (χ0v) is 7.90. The van der Waals surface area contributed by atoms with Gasteiger partial charge < -0.3 is 4.90 Å². The average Bonchev–Trinajstić information content (AvgIpc) is 2.03. The number of hydrogen-bond acceptors (Lipinski definition) is 1. The maximum absolute atomic E-state index is 12.6. The standard InChI is InChI=1S/C9H11ClFN/c1-3-12(2)9-5-4-7(11)6-8(9)10/h4-6H,3H2,1-2H3. The lowest BCUT2D eigenvalue weighted by atomic mass is 10.3. The molecule has 1 aromatic carbocycles. The van der Waals surface area contributed by atoms with Gasteiger partial charge in [0.1, 0.15) is 5.82 Å². The molecule has 0 aromatic heterocycles. The molecule has 0 N–H and O–H groups in total. The van der Waals surface area contributed by atoms with Crippen molar-refractivity contribution in [1.82, 2.24) is 0 Å². The Hall–Kier alpha value is -0.760. The molecule has 3 heteroatoms. The summed E-state index contributed by atoms with van der Waals surface area (Å²) >= 11 is 5.82. The van der Waals surface area contributed by atoms with Gasteiger partial charge >= 0.3 is 0 Å². The molecule has 66 valence electrons. The van der Waals surface area contributed by atoms with Crippen LogP contribution in [0.4, 0.5) is 10.1 Å². The fourth-order valence-electron chi connectivity index (χ4n) is 0.961. The van der Waals surface area contributed by atoms with E-state index in [1.807, 2.05) is 18.9 Å². The fourth-order valence-corrected chi connectivity index (χ4v) is 1.27. The zero-order chi connectivity index (χ0) is 9.14. The van der Waals surface area contributed by atoms with Crippen molar-refractivity contribution in [3.05, 3.63) is 29.0 Å². The maximum atomic E-state index is 12.6. The molecular weight excluding hydrogens is 177 g/mol. The molecule has 0 spiro atoms. The summed E-state index contributed by atoms with van der Waals surface area (Å²) in [6.45, 7) is 2.87. The van der Waals surface area contributed by atoms with Crippen molar-refractivity contribution in [2.24, 2.45) is 0 Å². The third kappa shape index (κ3) is 1.89. The monoisotopic (exact) mass is 187 g/mol. The summed E-state index contributed by atoms with van der Waals surface area (Å²) in [5.41, 5.74) is 0.862. The Balaban J connectivity index is 3.01. The van der Waals surface area contributed by atoms with Gasteiger partial charge in [-0.3, -0.25) is 0 Å². The van der Waals surface area contributed by atoms with E-state index >= 15 is 0 Å². The third-order valence-corrected chi connectivity index (χ3v) is 2.10. The number of halogens is 2. The van der Waals surface area contributed by atoms with Crippen LogP contribution in [0.3, 0.4) is 0 Å². The van der Waals surface area contributed by atoms with Crippen LogP contribution in [0.2, 0.25) is 5.02 Å². The molecule has 0 aliphatic carbocycles. The average molecular weight is 188 g/mol. The van der Waals surface area contributed by atoms with Gasteiger partial charge in [0.25, 0.3) is 0 Å². The molecule has 1 nitrogen and oxygen atoms in total. The van der Waals surface area contributed by atoms with Gasteiger partial charge in [-0.05, 0) is 25.1 Å². The van der Waals surface area contributed by atoms with Crippen LogP contribution in [-0.2, 0) is 0 Å². The highest BCUT2D eigenvalue weighted by Gasteiger charge is 2.04. The summed E-state index contributed by atoms with van der Waals surface area (Å²) in [5, 5.41) is 0.458. The molecule has 0 atom stereocenters. The lowest BCUT2D eigenvalue weighted by molar-refractivity contribution is 0.628. The largest absolute Gasteiger partial charge is 0.374 e. The van der Waals surface area contributed by atoms with Crippen molar-refractivity contribution in [2.75, 3.05) is 18.5 Å². The number of rotatable bonds is 2. The molecule has 1 rings (SSSR count). The fraction of sp³-hybridized carbons (Fsp3) is 0.333. The Morgan fingerprint density at radius 2 is 2.17 bits per heavy atom. The Bertz CT molecular complexity index is 275. The molecule has 12 heavy (non-hydrogen) atoms. The van der Waals surface area contributed by atoms with Gasteiger partial charge in [0.15, 0.2) is 0 Å². The number of anilines is 1. The molecule has 0 aliphatic heterocycles. The van der Waals surface area contributed by atoms with Crippen molar-refractivity contribution in [3.8, 4) is 0 Å². The number of hydrogen-bond donors (Lipinski definition) is 0. The SMILES string of the molecule is CCN(C)c1ccc(F)cc1Cl. The van der Waals surface area contributed by atoms with Gasteiger partial charge in [-0.2, -0.15) is 0 Å². The van der Waals surface area contributed by atoms with Crippen molar-refractivity contribution < 1.29 is 4.39 Å². The highest BCUT2D eigenvalue weighted by molar-refractivity contribution is 6.33. The number of benzene rings is 1. The Morgan fingerprint density at radius 3 is 2.67 bits per heavy atom. The first-order chi connectivity index (χ1) is 5.65. The van der Waals surface area contributed by atoms with Gasteiger partial charge in [-0.1, -0.05) is 11.6 Å². The van der Waals surface area contributed by atoms with E-state index in [2.05, 4.69) is 0 Å². The van der Waals surface area contributed by atoms with E-state index in [1.54, 1.807) is 6.07 Å². The van der Waals surface area contributed by atoms with Crippen LogP contribution in [0.5, 0.6) is 0 Å². The molecule has 0 radical (unpaired) electrons. The normalized spacial score (nSPS) is 10.0. The molecule has 0 aliphatic rings. The summed E-state index contributed by atoms with van der Waals surface area (Å²) in [6.07, 6.45) is 0. The first-order valence-corrected chi connectivity index (χ1v) is 4.19. The van der Waals surface area contributed by atoms with E-state index in [1.165, 1.54) is 12.1 Å². The Kier molecular flexibility index (Phi) is 2.93. The van der Waals surface area contributed by atoms with Gasteiger partial charge in [0.05, 0.1) is 10.7 Å². The van der Waals surface area contributed by atoms with Crippen LogP contribution >= 0.6 is 11.6 Å². The quantitative estimate of drug-likeness (QED) is 0.688. The summed E-state index contributed by atoms with van der Waals surface area (Å²) in [6, 6.07) is 4.41. The Labute approximate surface area is 76.8 Å². The lowest BCUT2D eigenvalue weighted by Gasteiger charge is -2.17. The molecule has 1 aromatic rings. The van der Waals surface area contributed by atoms with E-state index in [-0.39, 0.29) is 5.82 Å².